The van der Waals surface area contributed by atoms with E-state index >= 15 is 0 Å². The molecule has 0 bridgehead atoms. The summed E-state index contributed by atoms with van der Waals surface area (Å²) in [6.07, 6.45) is 0. The Hall–Kier alpha value is -1.75. The van der Waals surface area contributed by atoms with E-state index in [0.717, 1.165) is 43.1 Å². The Morgan fingerprint density at radius 3 is 2.33 bits per heavy atom. The summed E-state index contributed by atoms with van der Waals surface area (Å²) in [4.78, 5) is 15.6. The van der Waals surface area contributed by atoms with Crippen LogP contribution in [-0.4, -0.2) is 37.0 Å². The Kier molecular flexibility index (Phi) is 4.73. The van der Waals surface area contributed by atoms with E-state index in [4.69, 9.17) is 11.5 Å². The van der Waals surface area contributed by atoms with Crippen LogP contribution in [0.2, 0.25) is 0 Å². The zero-order valence-corrected chi connectivity index (χ0v) is 13.2. The zero-order valence-electron chi connectivity index (χ0n) is 13.2. The lowest BCUT2D eigenvalue weighted by molar-refractivity contribution is -0.129. The fraction of sp³-hybridized carbons (Fsp3) is 0.562. The van der Waals surface area contributed by atoms with Crippen LogP contribution in [0.5, 0.6) is 0 Å². The van der Waals surface area contributed by atoms with Gasteiger partial charge in [-0.05, 0) is 23.6 Å². The molecule has 1 aromatic carbocycles. The quantitative estimate of drug-likeness (QED) is 0.828. The molecule has 1 heterocycles. The number of nitrogens with zero attached hydrogens (tertiary/aromatic N) is 2. The summed E-state index contributed by atoms with van der Waals surface area (Å²) in [5.74, 6) is 0.570. The molecule has 0 saturated carbocycles. The maximum Gasteiger partial charge on any atom is 0.219 e. The molecule has 4 N–H and O–H groups in total. The van der Waals surface area contributed by atoms with E-state index in [1.165, 1.54) is 5.56 Å². The lowest BCUT2D eigenvalue weighted by Gasteiger charge is -2.37. The van der Waals surface area contributed by atoms with Crippen molar-refractivity contribution < 1.29 is 4.79 Å². The Bertz CT molecular complexity index is 519. The molecular weight excluding hydrogens is 264 g/mol. The fourth-order valence-electron chi connectivity index (χ4n) is 2.80. The first-order valence-corrected chi connectivity index (χ1v) is 7.56. The minimum atomic E-state index is 0.143. The number of anilines is 2. The van der Waals surface area contributed by atoms with Crippen LogP contribution >= 0.6 is 0 Å². The van der Waals surface area contributed by atoms with E-state index in [1.807, 2.05) is 11.0 Å². The van der Waals surface area contributed by atoms with Gasteiger partial charge >= 0.3 is 0 Å². The molecule has 0 atom stereocenters. The van der Waals surface area contributed by atoms with Gasteiger partial charge in [-0.15, -0.1) is 0 Å². The van der Waals surface area contributed by atoms with Gasteiger partial charge < -0.3 is 21.3 Å². The summed E-state index contributed by atoms with van der Waals surface area (Å²) in [5.41, 5.74) is 16.2. The molecule has 21 heavy (non-hydrogen) atoms. The molecule has 0 aromatic heterocycles. The van der Waals surface area contributed by atoms with Crippen LogP contribution in [0.15, 0.2) is 12.1 Å². The number of nitrogen functional groups attached to an aromatic ring is 1. The summed E-state index contributed by atoms with van der Waals surface area (Å²) in [6.45, 7) is 9.55. The molecule has 116 valence electrons. The molecule has 1 fully saturated rings. The van der Waals surface area contributed by atoms with Gasteiger partial charge in [0.2, 0.25) is 5.91 Å². The topological polar surface area (TPSA) is 75.6 Å². The second-order valence-electron chi connectivity index (χ2n) is 5.96. The van der Waals surface area contributed by atoms with Crippen molar-refractivity contribution >= 4 is 17.3 Å². The van der Waals surface area contributed by atoms with Crippen molar-refractivity contribution in [2.24, 2.45) is 5.73 Å². The zero-order chi connectivity index (χ0) is 15.6. The van der Waals surface area contributed by atoms with Crippen molar-refractivity contribution in [3.63, 3.8) is 0 Å². The molecule has 2 rings (SSSR count). The highest BCUT2D eigenvalue weighted by Crippen LogP contribution is 2.31. The van der Waals surface area contributed by atoms with Crippen molar-refractivity contribution in [3.8, 4) is 0 Å². The van der Waals surface area contributed by atoms with Crippen molar-refractivity contribution in [1.29, 1.82) is 0 Å². The smallest absolute Gasteiger partial charge is 0.219 e. The summed E-state index contributed by atoms with van der Waals surface area (Å²) in [6, 6.07) is 4.23. The monoisotopic (exact) mass is 290 g/mol. The minimum absolute atomic E-state index is 0.143. The number of benzene rings is 1. The van der Waals surface area contributed by atoms with E-state index in [1.54, 1.807) is 6.92 Å². The normalized spacial score (nSPS) is 15.7. The Balaban J connectivity index is 2.28. The van der Waals surface area contributed by atoms with Crippen molar-refractivity contribution in [2.45, 2.75) is 33.2 Å². The van der Waals surface area contributed by atoms with Crippen molar-refractivity contribution in [2.75, 3.05) is 36.8 Å². The van der Waals surface area contributed by atoms with Crippen molar-refractivity contribution in [1.82, 2.24) is 4.90 Å². The van der Waals surface area contributed by atoms with Crippen molar-refractivity contribution in [3.05, 3.63) is 23.3 Å². The van der Waals surface area contributed by atoms with E-state index in [2.05, 4.69) is 24.8 Å². The summed E-state index contributed by atoms with van der Waals surface area (Å²) < 4.78 is 0. The molecule has 1 aliphatic rings. The van der Waals surface area contributed by atoms with E-state index in [-0.39, 0.29) is 5.91 Å². The van der Waals surface area contributed by atoms with Gasteiger partial charge in [0.15, 0.2) is 0 Å². The number of nitrogens with two attached hydrogens (primary N) is 2. The highest BCUT2D eigenvalue weighted by atomic mass is 16.2. The van der Waals surface area contributed by atoms with E-state index < -0.39 is 0 Å². The first kappa shape index (κ1) is 15.6. The number of carbonyl (C=O) groups is 1. The second kappa shape index (κ2) is 6.35. The third-order valence-electron chi connectivity index (χ3n) is 4.22. The van der Waals surface area contributed by atoms with Crippen LogP contribution in [-0.2, 0) is 11.3 Å². The highest BCUT2D eigenvalue weighted by Gasteiger charge is 2.22. The first-order valence-electron chi connectivity index (χ1n) is 7.56. The molecule has 1 saturated heterocycles. The molecule has 0 aliphatic carbocycles. The Morgan fingerprint density at radius 1 is 1.24 bits per heavy atom. The van der Waals surface area contributed by atoms with Gasteiger partial charge in [-0.1, -0.05) is 13.8 Å². The van der Waals surface area contributed by atoms with Gasteiger partial charge in [0.25, 0.3) is 0 Å². The van der Waals surface area contributed by atoms with Crippen LogP contribution in [0, 0.1) is 0 Å². The maximum absolute atomic E-state index is 11.4. The van der Waals surface area contributed by atoms with Crippen LogP contribution in [0.25, 0.3) is 0 Å². The molecular formula is C16H26N4O. The number of hydrogen-bond donors (Lipinski definition) is 2. The van der Waals surface area contributed by atoms with Gasteiger partial charge in [-0.25, -0.2) is 0 Å². The summed E-state index contributed by atoms with van der Waals surface area (Å²) in [7, 11) is 0. The lowest BCUT2D eigenvalue weighted by atomic mass is 9.97. The summed E-state index contributed by atoms with van der Waals surface area (Å²) >= 11 is 0. The molecule has 0 unspecified atom stereocenters. The van der Waals surface area contributed by atoms with Crippen LogP contribution in [0.3, 0.4) is 0 Å². The molecule has 0 radical (unpaired) electrons. The minimum Gasteiger partial charge on any atom is -0.398 e. The number of piperazine rings is 1. The number of rotatable bonds is 3. The molecule has 1 aliphatic heterocycles. The van der Waals surface area contributed by atoms with Gasteiger partial charge in [0.1, 0.15) is 0 Å². The number of carbonyl (C=O) groups excluding carboxylic acids is 1. The standard InChI is InChI=1S/C16H26N4O/c1-11(2)13-8-15(18)14(10-17)16(9-13)20-6-4-19(5-7-20)12(3)21/h8-9,11H,4-7,10,17-18H2,1-3H3. The highest BCUT2D eigenvalue weighted by molar-refractivity contribution is 5.74. The van der Waals surface area contributed by atoms with E-state index in [9.17, 15) is 4.79 Å². The SMILES string of the molecule is CC(=O)N1CCN(c2cc(C(C)C)cc(N)c2CN)CC1. The third-order valence-corrected chi connectivity index (χ3v) is 4.22. The summed E-state index contributed by atoms with van der Waals surface area (Å²) in [5, 5.41) is 0. The average molecular weight is 290 g/mol. The predicted octanol–water partition coefficient (Wildman–Crippen LogP) is 1.52. The molecule has 1 aromatic rings. The molecule has 5 heteroatoms. The van der Waals surface area contributed by atoms with Gasteiger partial charge in [-0.3, -0.25) is 4.79 Å². The van der Waals surface area contributed by atoms with Gasteiger partial charge in [-0.2, -0.15) is 0 Å². The predicted molar refractivity (Wildman–Crippen MR) is 87.3 cm³/mol. The fourth-order valence-corrected chi connectivity index (χ4v) is 2.80. The number of hydrogen-bond acceptors (Lipinski definition) is 4. The lowest BCUT2D eigenvalue weighted by Crippen LogP contribution is -2.48. The largest absolute Gasteiger partial charge is 0.398 e. The van der Waals surface area contributed by atoms with Crippen LogP contribution < -0.4 is 16.4 Å². The third kappa shape index (κ3) is 3.29. The molecule has 5 nitrogen and oxygen atoms in total. The molecule has 1 amide bonds. The van der Waals surface area contributed by atoms with Crippen LogP contribution in [0.4, 0.5) is 11.4 Å². The molecule has 0 spiro atoms. The van der Waals surface area contributed by atoms with Gasteiger partial charge in [0, 0.05) is 56.6 Å². The Morgan fingerprint density at radius 2 is 1.86 bits per heavy atom. The van der Waals surface area contributed by atoms with Gasteiger partial charge in [0.05, 0.1) is 0 Å². The number of amides is 1. The second-order valence-corrected chi connectivity index (χ2v) is 5.96. The van der Waals surface area contributed by atoms with E-state index in [0.29, 0.717) is 12.5 Å². The average Bonchev–Trinajstić information content (AvgIpc) is 2.46. The Labute approximate surface area is 126 Å². The first-order chi connectivity index (χ1) is 9.93. The maximum atomic E-state index is 11.4. The van der Waals surface area contributed by atoms with Crippen LogP contribution in [0.1, 0.15) is 37.8 Å².